The van der Waals surface area contributed by atoms with E-state index in [2.05, 4.69) is 0 Å². The van der Waals surface area contributed by atoms with E-state index in [-0.39, 0.29) is 0 Å². The van der Waals surface area contributed by atoms with Crippen LogP contribution < -0.4 is 9.47 Å². The minimum absolute atomic E-state index is 0.386. The van der Waals surface area contributed by atoms with E-state index >= 15 is 0 Å². The van der Waals surface area contributed by atoms with Gasteiger partial charge in [-0.2, -0.15) is 0 Å². The lowest BCUT2D eigenvalue weighted by Gasteiger charge is -2.27. The van der Waals surface area contributed by atoms with Crippen molar-refractivity contribution in [3.05, 3.63) is 58.6 Å². The molecule has 0 aliphatic carbocycles. The highest BCUT2D eigenvalue weighted by atomic mass is 35.5. The number of methoxy groups -OCH3 is 2. The number of halogens is 1. The van der Waals surface area contributed by atoms with E-state index < -0.39 is 12.0 Å². The van der Waals surface area contributed by atoms with E-state index in [1.807, 2.05) is 18.2 Å². The predicted octanol–water partition coefficient (Wildman–Crippen LogP) is 3.61. The summed E-state index contributed by atoms with van der Waals surface area (Å²) in [6.45, 7) is 0.386. The fourth-order valence-electron chi connectivity index (χ4n) is 2.60. The molecule has 2 aromatic carbocycles. The molecule has 2 aromatic rings. The Balaban J connectivity index is 2.39. The Hall–Kier alpha value is -2.24. The molecule has 0 saturated carbocycles. The summed E-state index contributed by atoms with van der Waals surface area (Å²) < 4.78 is 10.5. The minimum atomic E-state index is -0.976. The van der Waals surface area contributed by atoms with Crippen molar-refractivity contribution in [2.75, 3.05) is 21.3 Å². The van der Waals surface area contributed by atoms with E-state index in [9.17, 15) is 9.90 Å². The van der Waals surface area contributed by atoms with Gasteiger partial charge in [0.15, 0.2) is 0 Å². The van der Waals surface area contributed by atoms with Crippen molar-refractivity contribution in [3.63, 3.8) is 0 Å². The largest absolute Gasteiger partial charge is 0.497 e. The van der Waals surface area contributed by atoms with Gasteiger partial charge < -0.3 is 14.6 Å². The van der Waals surface area contributed by atoms with E-state index in [0.29, 0.717) is 28.6 Å². The highest BCUT2D eigenvalue weighted by molar-refractivity contribution is 6.31. The lowest BCUT2D eigenvalue weighted by Crippen LogP contribution is -2.31. The second kappa shape index (κ2) is 8.04. The monoisotopic (exact) mass is 349 g/mol. The SMILES string of the molecule is COc1ccc(OC)c(C(C(=O)O)N(C)Cc2ccccc2Cl)c1. The molecule has 24 heavy (non-hydrogen) atoms. The summed E-state index contributed by atoms with van der Waals surface area (Å²) in [5, 5.41) is 10.4. The van der Waals surface area contributed by atoms with Crippen molar-refractivity contribution in [3.8, 4) is 11.5 Å². The average Bonchev–Trinajstić information content (AvgIpc) is 2.56. The Morgan fingerprint density at radius 1 is 1.21 bits per heavy atom. The van der Waals surface area contributed by atoms with Gasteiger partial charge in [-0.25, -0.2) is 0 Å². The number of carbonyl (C=O) groups is 1. The molecule has 0 heterocycles. The molecule has 0 aromatic heterocycles. The van der Waals surface area contributed by atoms with Crippen LogP contribution >= 0.6 is 11.6 Å². The molecule has 0 spiro atoms. The quantitative estimate of drug-likeness (QED) is 0.827. The number of hydrogen-bond acceptors (Lipinski definition) is 4. The summed E-state index contributed by atoms with van der Waals surface area (Å²) in [5.41, 5.74) is 1.38. The van der Waals surface area contributed by atoms with Crippen LogP contribution in [0.4, 0.5) is 0 Å². The van der Waals surface area contributed by atoms with Gasteiger partial charge in [0, 0.05) is 17.1 Å². The van der Waals surface area contributed by atoms with E-state index in [0.717, 1.165) is 5.56 Å². The Morgan fingerprint density at radius 3 is 2.50 bits per heavy atom. The highest BCUT2D eigenvalue weighted by Crippen LogP contribution is 2.33. The lowest BCUT2D eigenvalue weighted by atomic mass is 10.0. The fourth-order valence-corrected chi connectivity index (χ4v) is 2.79. The zero-order chi connectivity index (χ0) is 17.7. The topological polar surface area (TPSA) is 59.0 Å². The maximum atomic E-state index is 11.9. The van der Waals surface area contributed by atoms with Gasteiger partial charge >= 0.3 is 5.97 Å². The molecule has 1 atom stereocenters. The summed E-state index contributed by atoms with van der Waals surface area (Å²) in [4.78, 5) is 13.6. The first kappa shape index (κ1) is 18.1. The third-order valence-corrected chi connectivity index (χ3v) is 4.15. The van der Waals surface area contributed by atoms with Crippen molar-refractivity contribution in [2.24, 2.45) is 0 Å². The Bertz CT molecular complexity index is 720. The molecule has 0 aliphatic heterocycles. The molecule has 6 heteroatoms. The Labute approximate surface area is 146 Å². The van der Waals surface area contributed by atoms with E-state index in [4.69, 9.17) is 21.1 Å². The molecular formula is C18H20ClNO4. The number of nitrogens with zero attached hydrogens (tertiary/aromatic N) is 1. The third kappa shape index (κ3) is 3.99. The fraction of sp³-hybridized carbons (Fsp3) is 0.278. The second-order valence-electron chi connectivity index (χ2n) is 5.36. The van der Waals surface area contributed by atoms with Crippen molar-refractivity contribution < 1.29 is 19.4 Å². The van der Waals surface area contributed by atoms with Gasteiger partial charge in [-0.1, -0.05) is 29.8 Å². The smallest absolute Gasteiger partial charge is 0.325 e. The molecule has 128 valence electrons. The van der Waals surface area contributed by atoms with Crippen LogP contribution in [0.25, 0.3) is 0 Å². The molecule has 2 rings (SSSR count). The number of aliphatic carboxylic acids is 1. The number of ether oxygens (including phenoxy) is 2. The summed E-state index contributed by atoms with van der Waals surface area (Å²) in [7, 11) is 4.79. The van der Waals surface area contributed by atoms with E-state index in [1.165, 1.54) is 14.2 Å². The first-order chi connectivity index (χ1) is 11.5. The highest BCUT2D eigenvalue weighted by Gasteiger charge is 2.28. The molecule has 5 nitrogen and oxygen atoms in total. The van der Waals surface area contributed by atoms with Crippen LogP contribution in [0.3, 0.4) is 0 Å². The van der Waals surface area contributed by atoms with Crippen LogP contribution in [-0.4, -0.2) is 37.2 Å². The van der Waals surface area contributed by atoms with Crippen LogP contribution in [0.1, 0.15) is 17.2 Å². The number of benzene rings is 2. The number of carboxylic acid groups (broad SMARTS) is 1. The van der Waals surface area contributed by atoms with Crippen molar-refractivity contribution >= 4 is 17.6 Å². The van der Waals surface area contributed by atoms with Crippen molar-refractivity contribution in [1.29, 1.82) is 0 Å². The Morgan fingerprint density at radius 2 is 1.92 bits per heavy atom. The summed E-state index contributed by atoms with van der Waals surface area (Å²) >= 11 is 6.19. The average molecular weight is 350 g/mol. The predicted molar refractivity (Wildman–Crippen MR) is 92.8 cm³/mol. The van der Waals surface area contributed by atoms with Crippen LogP contribution in [-0.2, 0) is 11.3 Å². The number of rotatable bonds is 7. The first-order valence-corrected chi connectivity index (χ1v) is 7.74. The second-order valence-corrected chi connectivity index (χ2v) is 5.76. The van der Waals surface area contributed by atoms with Gasteiger partial charge in [-0.3, -0.25) is 9.69 Å². The number of carboxylic acids is 1. The summed E-state index contributed by atoms with van der Waals surface area (Å²) in [6, 6.07) is 11.6. The van der Waals surface area contributed by atoms with Gasteiger partial charge in [0.2, 0.25) is 0 Å². The summed E-state index contributed by atoms with van der Waals surface area (Å²) in [5.74, 6) is 0.0912. The van der Waals surface area contributed by atoms with Crippen molar-refractivity contribution in [2.45, 2.75) is 12.6 Å². The molecule has 1 unspecified atom stereocenters. The zero-order valence-electron chi connectivity index (χ0n) is 13.8. The summed E-state index contributed by atoms with van der Waals surface area (Å²) in [6.07, 6.45) is 0. The van der Waals surface area contributed by atoms with Crippen LogP contribution in [0.2, 0.25) is 5.02 Å². The van der Waals surface area contributed by atoms with Gasteiger partial charge in [-0.05, 0) is 36.9 Å². The van der Waals surface area contributed by atoms with Gasteiger partial charge in [0.1, 0.15) is 17.5 Å². The third-order valence-electron chi connectivity index (χ3n) is 3.78. The standard InChI is InChI=1S/C18H20ClNO4/c1-20(11-12-6-4-5-7-15(12)19)17(18(21)22)14-10-13(23-2)8-9-16(14)24-3/h4-10,17H,11H2,1-3H3,(H,21,22). The number of hydrogen-bond donors (Lipinski definition) is 1. The maximum absolute atomic E-state index is 11.9. The minimum Gasteiger partial charge on any atom is -0.497 e. The molecule has 0 amide bonds. The first-order valence-electron chi connectivity index (χ1n) is 7.36. The van der Waals surface area contributed by atoms with E-state index in [1.54, 1.807) is 36.2 Å². The van der Waals surface area contributed by atoms with Crippen LogP contribution in [0, 0.1) is 0 Å². The van der Waals surface area contributed by atoms with Gasteiger partial charge in [0.25, 0.3) is 0 Å². The molecule has 0 fully saturated rings. The Kier molecular flexibility index (Phi) is 6.06. The molecule has 0 bridgehead atoms. The lowest BCUT2D eigenvalue weighted by molar-refractivity contribution is -0.143. The molecule has 0 radical (unpaired) electrons. The van der Waals surface area contributed by atoms with Crippen LogP contribution in [0.15, 0.2) is 42.5 Å². The van der Waals surface area contributed by atoms with Gasteiger partial charge in [-0.15, -0.1) is 0 Å². The normalized spacial score (nSPS) is 12.0. The molecule has 1 N–H and O–H groups in total. The van der Waals surface area contributed by atoms with Gasteiger partial charge in [0.05, 0.1) is 14.2 Å². The molecule has 0 aliphatic rings. The maximum Gasteiger partial charge on any atom is 0.325 e. The molecular weight excluding hydrogens is 330 g/mol. The van der Waals surface area contributed by atoms with Crippen molar-refractivity contribution in [1.82, 2.24) is 4.90 Å². The number of likely N-dealkylation sites (N-methyl/N-ethyl adjacent to an activating group) is 1. The molecule has 0 saturated heterocycles. The van der Waals surface area contributed by atoms with Crippen LogP contribution in [0.5, 0.6) is 11.5 Å². The zero-order valence-corrected chi connectivity index (χ0v) is 14.6.